The highest BCUT2D eigenvalue weighted by Gasteiger charge is 2.52. The molecule has 546 valence electrons. The molecule has 12 rings (SSSR count). The molecule has 0 radical (unpaired) electrons. The molecule has 0 spiro atoms. The number of hydrogen-bond donors (Lipinski definition) is 8. The summed E-state index contributed by atoms with van der Waals surface area (Å²) in [5.41, 5.74) is 19.5. The number of aliphatic hydroxyl groups excluding tert-OH is 1. The largest absolute Gasteiger partial charge is 0.488 e. The molecule has 6 amide bonds. The van der Waals surface area contributed by atoms with Crippen molar-refractivity contribution in [1.29, 1.82) is 0 Å². The topological polar surface area (TPSA) is 365 Å². The van der Waals surface area contributed by atoms with Gasteiger partial charge >= 0.3 is 12.0 Å². The van der Waals surface area contributed by atoms with Crippen LogP contribution in [0.15, 0.2) is 113 Å². The van der Waals surface area contributed by atoms with Gasteiger partial charge in [-0.3, -0.25) is 33.8 Å². The molecule has 28 nitrogen and oxygen atoms in total. The van der Waals surface area contributed by atoms with Crippen LogP contribution in [-0.2, 0) is 30.6 Å². The van der Waals surface area contributed by atoms with Crippen molar-refractivity contribution in [3.63, 3.8) is 0 Å². The van der Waals surface area contributed by atoms with Crippen molar-refractivity contribution in [3.05, 3.63) is 131 Å². The van der Waals surface area contributed by atoms with Crippen molar-refractivity contribution >= 4 is 69.8 Å². The highest BCUT2D eigenvalue weighted by atomic mass is 32.1. The highest BCUT2D eigenvalue weighted by molar-refractivity contribution is 7.13. The van der Waals surface area contributed by atoms with Gasteiger partial charge in [0.2, 0.25) is 29.5 Å². The number of aliphatic hydroxyl groups is 1. The molecule has 4 aliphatic heterocycles. The molecule has 29 heteroatoms. The number of aromatic nitrogens is 5. The molecule has 5 aliphatic rings. The summed E-state index contributed by atoms with van der Waals surface area (Å²) in [5.74, 6) is -1.95. The summed E-state index contributed by atoms with van der Waals surface area (Å²) in [7, 11) is 0. The number of nitrogens with zero attached hydrogens (tertiary/aromatic N) is 10. The van der Waals surface area contributed by atoms with Gasteiger partial charge in [-0.2, -0.15) is 0 Å². The fourth-order valence-electron chi connectivity index (χ4n) is 14.7. The normalized spacial score (nSPS) is 20.3. The monoisotopic (exact) mass is 1430 g/mol. The lowest BCUT2D eigenvalue weighted by Gasteiger charge is -2.43. The van der Waals surface area contributed by atoms with E-state index in [2.05, 4.69) is 79.2 Å². The number of β-amino-alcohol motifs (C(OH)–C–C–N with tert-alkyl or cyclic N) is 1. The van der Waals surface area contributed by atoms with Gasteiger partial charge in [0.1, 0.15) is 49.0 Å². The summed E-state index contributed by atoms with van der Waals surface area (Å²) < 4.78 is 24.6. The Morgan fingerprint density at radius 2 is 1.58 bits per heavy atom. The van der Waals surface area contributed by atoms with Crippen LogP contribution in [0.1, 0.15) is 114 Å². The quantitative estimate of drug-likeness (QED) is 0.0164. The number of para-hydroxylation sites is 1. The smallest absolute Gasteiger partial charge is 0.319 e. The number of carbonyl (C=O) groups is 6. The summed E-state index contributed by atoms with van der Waals surface area (Å²) >= 11 is 1.58. The Morgan fingerprint density at radius 3 is 2.28 bits per heavy atom. The van der Waals surface area contributed by atoms with E-state index < -0.39 is 53.3 Å². The van der Waals surface area contributed by atoms with Crippen LogP contribution in [0.5, 0.6) is 17.5 Å². The number of aliphatic carboxylic acids is 1. The molecule has 1 aliphatic carbocycles. The Labute approximate surface area is 602 Å². The SMILES string of the molecule is Cc1ncsc1-c1ccc([C@H](C)NC(=O)[C@@H]2C[C@@H](O)CN2C(=O)[C@@H](c2cc(OCCN3CCN(CCOc4cc(N5C6CCC5CN(c5cc(-c7ccccc7OCc7ccc(NC(=O)[C@H](CCCNC(N)=O)NC(=O)C8(C(=O)O)CCC8)cc7)nnc5N)C6)ccn4)[C@H](C)C3)no2)C(C)C)cc1. The maximum Gasteiger partial charge on any atom is 0.319 e. The van der Waals surface area contributed by atoms with Gasteiger partial charge in [0.05, 0.1) is 39.6 Å². The minimum absolute atomic E-state index is 0.0323. The first kappa shape index (κ1) is 72.8. The molecule has 1 saturated carbocycles. The second-order valence-electron chi connectivity index (χ2n) is 27.9. The number of hydrogen-bond acceptors (Lipinski definition) is 22. The number of pyridine rings is 1. The third-order valence-electron chi connectivity index (χ3n) is 20.6. The number of piperazine rings is 2. The van der Waals surface area contributed by atoms with Gasteiger partial charge in [-0.05, 0) is 123 Å². The van der Waals surface area contributed by atoms with Crippen LogP contribution in [-0.4, -0.2) is 194 Å². The Bertz CT molecular complexity index is 4120. The van der Waals surface area contributed by atoms with Crippen LogP contribution < -0.4 is 56.7 Å². The third-order valence-corrected chi connectivity index (χ3v) is 21.6. The van der Waals surface area contributed by atoms with Gasteiger partial charge in [-0.1, -0.05) is 68.8 Å². The number of likely N-dealkylation sites (tertiary alicyclic amines) is 1. The van der Waals surface area contributed by atoms with Crippen molar-refractivity contribution < 1.29 is 57.7 Å². The lowest BCUT2D eigenvalue weighted by atomic mass is 9.68. The predicted molar refractivity (Wildman–Crippen MR) is 387 cm³/mol. The van der Waals surface area contributed by atoms with E-state index in [1.807, 2.05) is 112 Å². The third kappa shape index (κ3) is 17.1. The number of ether oxygens (including phenoxy) is 3. The number of carboxylic acid groups (broad SMARTS) is 1. The van der Waals surface area contributed by atoms with E-state index in [1.54, 1.807) is 29.5 Å². The summed E-state index contributed by atoms with van der Waals surface area (Å²) in [5, 5.41) is 44.8. The van der Waals surface area contributed by atoms with Crippen LogP contribution in [0.4, 0.5) is 27.7 Å². The van der Waals surface area contributed by atoms with Gasteiger partial charge in [0, 0.05) is 119 Å². The lowest BCUT2D eigenvalue weighted by molar-refractivity contribution is -0.162. The van der Waals surface area contributed by atoms with Crippen LogP contribution >= 0.6 is 11.3 Å². The number of carbonyl (C=O) groups excluding carboxylic acids is 5. The minimum Gasteiger partial charge on any atom is -0.488 e. The molecule has 5 fully saturated rings. The molecule has 8 heterocycles. The van der Waals surface area contributed by atoms with Crippen LogP contribution in [0.25, 0.3) is 21.7 Å². The number of urea groups is 1. The second-order valence-corrected chi connectivity index (χ2v) is 28.8. The number of nitrogens with two attached hydrogens (primary N) is 2. The zero-order valence-corrected chi connectivity index (χ0v) is 59.6. The number of nitrogen functional groups attached to an aromatic ring is 1. The number of nitrogens with one attached hydrogen (secondary N) is 4. The van der Waals surface area contributed by atoms with E-state index in [1.165, 1.54) is 4.90 Å². The van der Waals surface area contributed by atoms with E-state index in [0.717, 1.165) is 96.3 Å². The van der Waals surface area contributed by atoms with E-state index in [9.17, 15) is 39.0 Å². The molecular formula is C74H92N16O12S. The van der Waals surface area contributed by atoms with Gasteiger partial charge in [0.15, 0.2) is 11.6 Å². The summed E-state index contributed by atoms with van der Waals surface area (Å²) in [6.07, 6.45) is 4.51. The van der Waals surface area contributed by atoms with E-state index in [4.69, 9.17) is 30.2 Å². The zero-order valence-electron chi connectivity index (χ0n) is 58.7. The molecule has 4 saturated heterocycles. The number of benzene rings is 3. The second kappa shape index (κ2) is 32.6. The number of primary amides is 1. The Kier molecular flexibility index (Phi) is 23.0. The van der Waals surface area contributed by atoms with Crippen molar-refractivity contribution in [1.82, 2.24) is 56.0 Å². The molecule has 8 atom stereocenters. The first-order valence-electron chi connectivity index (χ1n) is 35.5. The Balaban J connectivity index is 0.580. The molecule has 10 N–H and O–H groups in total. The standard InChI is InChI=1S/C74H92N16O12S/c1-44(2)65(70(94)89-41-55(91)35-60(89)69(93)80-46(4)49-15-17-50(18-16-49)66-47(5)79-43-103-66)62-37-64(85-102-62)100-32-30-86-28-29-87(45(3)38-86)31-33-99-63-34-52(23-27-77-63)90-53-21-22-54(90)40-88(39-53)59-36-58(83-84-67(59)75)56-10-6-7-12-61(56)101-42-48-13-19-51(20-14-48)81-68(92)57(11-8-26-78-73(76)98)82-71(95)74(72(96)97)24-9-25-74/h6-7,10,12-20,23,27,34,36-37,43-46,53-55,57,60,65,91H,8-9,11,21-22,24-26,28-33,35,38-42H2,1-5H3,(H2,75,84)(H,80,93)(H,81,92)(H,82,95)(H,96,97)(H3,76,78,98)/t45-,46+,53?,54?,55-,57+,60+,65-/m1/s1. The first-order chi connectivity index (χ1) is 49.7. The van der Waals surface area contributed by atoms with E-state index >= 15 is 0 Å². The Hall–Kier alpha value is -9.97. The highest BCUT2D eigenvalue weighted by Crippen LogP contribution is 2.43. The van der Waals surface area contributed by atoms with E-state index in [-0.39, 0.29) is 93.2 Å². The van der Waals surface area contributed by atoms with Gasteiger partial charge in [-0.15, -0.1) is 21.5 Å². The molecule has 4 aromatic heterocycles. The summed E-state index contributed by atoms with van der Waals surface area (Å²) in [6, 6.07) is 28.1. The average molecular weight is 1430 g/mol. The van der Waals surface area contributed by atoms with E-state index in [0.29, 0.717) is 67.2 Å². The zero-order chi connectivity index (χ0) is 72.5. The predicted octanol–water partition coefficient (Wildman–Crippen LogP) is 7.15. The van der Waals surface area contributed by atoms with Crippen molar-refractivity contribution in [2.24, 2.45) is 17.1 Å². The van der Waals surface area contributed by atoms with Crippen molar-refractivity contribution in [2.75, 3.05) is 93.0 Å². The molecule has 2 bridgehead atoms. The molecule has 7 aromatic rings. The van der Waals surface area contributed by atoms with Crippen LogP contribution in [0.3, 0.4) is 0 Å². The van der Waals surface area contributed by atoms with Gasteiger partial charge < -0.3 is 76.4 Å². The maximum absolute atomic E-state index is 14.4. The number of fused-ring (bicyclic) bond motifs is 2. The average Bonchev–Trinajstić information content (AvgIpc) is 1.76. The number of carboxylic acids is 1. The number of aryl methyl sites for hydroxylation is 1. The molecule has 3 aromatic carbocycles. The Morgan fingerprint density at radius 1 is 0.835 bits per heavy atom. The molecular weight excluding hydrogens is 1340 g/mol. The molecule has 103 heavy (non-hydrogen) atoms. The minimum atomic E-state index is -1.57. The van der Waals surface area contributed by atoms with Gasteiger partial charge in [0.25, 0.3) is 5.88 Å². The fourth-order valence-corrected chi connectivity index (χ4v) is 15.5. The lowest BCUT2D eigenvalue weighted by Crippen LogP contribution is -2.55. The van der Waals surface area contributed by atoms with Crippen LogP contribution in [0.2, 0.25) is 0 Å². The number of anilines is 4. The summed E-state index contributed by atoms with van der Waals surface area (Å²) in [6.45, 7) is 16.5. The first-order valence-corrected chi connectivity index (χ1v) is 36.4. The maximum atomic E-state index is 14.4. The molecule has 2 unspecified atom stereocenters. The number of thiazole rings is 1. The fraction of sp³-hybridized carbons (Fsp3) is 0.473. The number of rotatable bonds is 30. The van der Waals surface area contributed by atoms with Crippen molar-refractivity contribution in [3.8, 4) is 39.2 Å². The van der Waals surface area contributed by atoms with Gasteiger partial charge in [-0.25, -0.2) is 14.8 Å². The summed E-state index contributed by atoms with van der Waals surface area (Å²) in [4.78, 5) is 99.4. The van der Waals surface area contributed by atoms with Crippen molar-refractivity contribution in [2.45, 2.75) is 141 Å². The van der Waals surface area contributed by atoms with Crippen LogP contribution in [0, 0.1) is 18.3 Å². The number of amides is 6.